The number of nitrogens with one attached hydrogen (secondary N) is 1. The minimum atomic E-state index is 0.170. The predicted octanol–water partition coefficient (Wildman–Crippen LogP) is 3.05. The van der Waals surface area contributed by atoms with Gasteiger partial charge in [0.2, 0.25) is 0 Å². The van der Waals surface area contributed by atoms with Crippen LogP contribution in [0.5, 0.6) is 0 Å². The van der Waals surface area contributed by atoms with Crippen molar-refractivity contribution in [1.29, 1.82) is 0 Å². The number of halogens is 1. The molecule has 92 valence electrons. The highest BCUT2D eigenvalue weighted by Crippen LogP contribution is 2.14. The highest BCUT2D eigenvalue weighted by Gasteiger charge is 2.19. The average Bonchev–Trinajstić information content (AvgIpc) is 2.17. The molecule has 0 rings (SSSR count). The summed E-state index contributed by atoms with van der Waals surface area (Å²) in [5.74, 6) is 1.33. The second kappa shape index (κ2) is 8.37. The van der Waals surface area contributed by atoms with Crippen molar-refractivity contribution < 1.29 is 4.74 Å². The van der Waals surface area contributed by atoms with E-state index in [0.29, 0.717) is 11.8 Å². The third kappa shape index (κ3) is 8.06. The topological polar surface area (TPSA) is 21.3 Å². The molecule has 0 aliphatic heterocycles. The molecule has 0 aliphatic rings. The van der Waals surface area contributed by atoms with Crippen molar-refractivity contribution >= 4 is 11.6 Å². The van der Waals surface area contributed by atoms with E-state index in [2.05, 4.69) is 33.0 Å². The zero-order chi connectivity index (χ0) is 11.7. The van der Waals surface area contributed by atoms with Gasteiger partial charge in [-0.1, -0.05) is 20.8 Å². The lowest BCUT2D eigenvalue weighted by atomic mass is 9.95. The molecule has 15 heavy (non-hydrogen) atoms. The quantitative estimate of drug-likeness (QED) is 0.490. The van der Waals surface area contributed by atoms with Gasteiger partial charge in [-0.05, 0) is 25.7 Å². The van der Waals surface area contributed by atoms with Crippen molar-refractivity contribution in [1.82, 2.24) is 5.32 Å². The van der Waals surface area contributed by atoms with Gasteiger partial charge in [0.25, 0.3) is 0 Å². The molecule has 0 aromatic rings. The molecule has 0 spiro atoms. The number of rotatable bonds is 9. The Morgan fingerprint density at radius 3 is 2.53 bits per heavy atom. The first-order chi connectivity index (χ1) is 7.04. The van der Waals surface area contributed by atoms with Crippen LogP contribution in [0.4, 0.5) is 0 Å². The van der Waals surface area contributed by atoms with Gasteiger partial charge < -0.3 is 10.1 Å². The van der Waals surface area contributed by atoms with Crippen LogP contribution in [0, 0.1) is 5.92 Å². The largest absolute Gasteiger partial charge is 0.380 e. The van der Waals surface area contributed by atoms with Crippen LogP contribution in [0.15, 0.2) is 0 Å². The van der Waals surface area contributed by atoms with Gasteiger partial charge in [-0.3, -0.25) is 0 Å². The Morgan fingerprint density at radius 1 is 1.40 bits per heavy atom. The summed E-state index contributed by atoms with van der Waals surface area (Å²) in [6.45, 7) is 11.3. The molecule has 0 aromatic heterocycles. The van der Waals surface area contributed by atoms with Gasteiger partial charge in [0.15, 0.2) is 0 Å². The van der Waals surface area contributed by atoms with Gasteiger partial charge in [-0.25, -0.2) is 0 Å². The third-order valence-corrected chi connectivity index (χ3v) is 2.86. The Kier molecular flexibility index (Phi) is 8.49. The number of alkyl halides is 1. The van der Waals surface area contributed by atoms with Crippen molar-refractivity contribution in [3.8, 4) is 0 Å². The lowest BCUT2D eigenvalue weighted by Gasteiger charge is -2.29. The van der Waals surface area contributed by atoms with Crippen LogP contribution in [-0.4, -0.2) is 31.2 Å². The Morgan fingerprint density at radius 2 is 2.07 bits per heavy atom. The first kappa shape index (κ1) is 15.2. The van der Waals surface area contributed by atoms with Crippen LogP contribution < -0.4 is 5.32 Å². The minimum absolute atomic E-state index is 0.170. The van der Waals surface area contributed by atoms with Crippen LogP contribution in [0.2, 0.25) is 0 Å². The SMILES string of the molecule is CCC(C)(CCCl)NCCOCC(C)C. The minimum Gasteiger partial charge on any atom is -0.380 e. The third-order valence-electron chi connectivity index (χ3n) is 2.68. The smallest absolute Gasteiger partial charge is 0.0591 e. The first-order valence-electron chi connectivity index (χ1n) is 5.93. The Balaban J connectivity index is 3.54. The molecule has 2 nitrogen and oxygen atoms in total. The molecule has 3 heteroatoms. The summed E-state index contributed by atoms with van der Waals surface area (Å²) >= 11 is 5.78. The van der Waals surface area contributed by atoms with Gasteiger partial charge in [-0.15, -0.1) is 11.6 Å². The normalized spacial score (nSPS) is 15.6. The summed E-state index contributed by atoms with van der Waals surface area (Å²) in [6.07, 6.45) is 2.11. The van der Waals surface area contributed by atoms with E-state index >= 15 is 0 Å². The molecule has 0 aromatic carbocycles. The Labute approximate surface area is 99.7 Å². The van der Waals surface area contributed by atoms with Crippen molar-refractivity contribution in [3.05, 3.63) is 0 Å². The maximum absolute atomic E-state index is 5.78. The molecule has 0 amide bonds. The number of hydrogen-bond donors (Lipinski definition) is 1. The van der Waals surface area contributed by atoms with Crippen LogP contribution >= 0.6 is 11.6 Å². The van der Waals surface area contributed by atoms with Crippen molar-refractivity contribution in [2.75, 3.05) is 25.6 Å². The van der Waals surface area contributed by atoms with E-state index in [1.54, 1.807) is 0 Å². The van der Waals surface area contributed by atoms with Crippen molar-refractivity contribution in [2.45, 2.75) is 46.1 Å². The van der Waals surface area contributed by atoms with Gasteiger partial charge >= 0.3 is 0 Å². The molecule has 0 radical (unpaired) electrons. The maximum Gasteiger partial charge on any atom is 0.0591 e. The van der Waals surface area contributed by atoms with Crippen molar-refractivity contribution in [3.63, 3.8) is 0 Å². The average molecular weight is 236 g/mol. The summed E-state index contributed by atoms with van der Waals surface area (Å²) in [4.78, 5) is 0. The van der Waals surface area contributed by atoms with Crippen LogP contribution in [0.1, 0.15) is 40.5 Å². The van der Waals surface area contributed by atoms with E-state index < -0.39 is 0 Å². The second-order valence-corrected chi connectivity index (χ2v) is 5.13. The molecule has 0 saturated heterocycles. The van der Waals surface area contributed by atoms with E-state index in [-0.39, 0.29) is 5.54 Å². The van der Waals surface area contributed by atoms with Crippen LogP contribution in [0.3, 0.4) is 0 Å². The summed E-state index contributed by atoms with van der Waals surface area (Å²) < 4.78 is 5.52. The van der Waals surface area contributed by atoms with E-state index in [0.717, 1.165) is 32.6 Å². The fourth-order valence-electron chi connectivity index (χ4n) is 1.34. The molecular weight excluding hydrogens is 210 g/mol. The molecule has 1 atom stereocenters. The second-order valence-electron chi connectivity index (χ2n) is 4.75. The fraction of sp³-hybridized carbons (Fsp3) is 1.00. The highest BCUT2D eigenvalue weighted by molar-refractivity contribution is 6.17. The predicted molar refractivity (Wildman–Crippen MR) is 67.7 cm³/mol. The first-order valence-corrected chi connectivity index (χ1v) is 6.46. The summed E-state index contributed by atoms with van der Waals surface area (Å²) in [5, 5.41) is 3.51. The van der Waals surface area contributed by atoms with E-state index in [1.807, 2.05) is 0 Å². The summed E-state index contributed by atoms with van der Waals surface area (Å²) in [6, 6.07) is 0. The maximum atomic E-state index is 5.78. The molecule has 0 aliphatic carbocycles. The zero-order valence-electron chi connectivity index (χ0n) is 10.6. The molecule has 0 heterocycles. The van der Waals surface area contributed by atoms with Gasteiger partial charge in [0.1, 0.15) is 0 Å². The zero-order valence-corrected chi connectivity index (χ0v) is 11.4. The highest BCUT2D eigenvalue weighted by atomic mass is 35.5. The lowest BCUT2D eigenvalue weighted by molar-refractivity contribution is 0.105. The summed E-state index contributed by atoms with van der Waals surface area (Å²) in [7, 11) is 0. The molecule has 0 fully saturated rings. The molecular formula is C12H26ClNO. The fourth-order valence-corrected chi connectivity index (χ4v) is 1.76. The standard InChI is InChI=1S/C12H26ClNO/c1-5-12(4,6-7-13)14-8-9-15-10-11(2)3/h11,14H,5-10H2,1-4H3. The Bertz CT molecular complexity index is 153. The van der Waals surface area contributed by atoms with Crippen molar-refractivity contribution in [2.24, 2.45) is 5.92 Å². The molecule has 0 bridgehead atoms. The van der Waals surface area contributed by atoms with Gasteiger partial charge in [0, 0.05) is 24.6 Å². The molecule has 0 saturated carbocycles. The van der Waals surface area contributed by atoms with Crippen LogP contribution in [-0.2, 0) is 4.74 Å². The molecule has 1 unspecified atom stereocenters. The summed E-state index contributed by atoms with van der Waals surface area (Å²) in [5.41, 5.74) is 0.170. The van der Waals surface area contributed by atoms with E-state index in [9.17, 15) is 0 Å². The molecule has 1 N–H and O–H groups in total. The van der Waals surface area contributed by atoms with Gasteiger partial charge in [-0.2, -0.15) is 0 Å². The van der Waals surface area contributed by atoms with E-state index in [4.69, 9.17) is 16.3 Å². The monoisotopic (exact) mass is 235 g/mol. The van der Waals surface area contributed by atoms with Gasteiger partial charge in [0.05, 0.1) is 6.61 Å². The number of hydrogen-bond acceptors (Lipinski definition) is 2. The van der Waals surface area contributed by atoms with Crippen LogP contribution in [0.25, 0.3) is 0 Å². The lowest BCUT2D eigenvalue weighted by Crippen LogP contribution is -2.43. The number of ether oxygens (including phenoxy) is 1. The van der Waals surface area contributed by atoms with E-state index in [1.165, 1.54) is 0 Å². The Hall–Kier alpha value is 0.210.